The number of aryl methyl sites for hydroxylation is 1. The molecule has 0 fully saturated rings. The van der Waals surface area contributed by atoms with Crippen LogP contribution in [0.3, 0.4) is 0 Å². The van der Waals surface area contributed by atoms with Crippen molar-refractivity contribution in [1.82, 2.24) is 24.7 Å². The van der Waals surface area contributed by atoms with Crippen LogP contribution < -0.4 is 11.0 Å². The molecule has 0 saturated carbocycles. The number of carbonyl (C=O) groups is 1. The third-order valence-corrected chi connectivity index (χ3v) is 4.45. The fourth-order valence-electron chi connectivity index (χ4n) is 2.12. The molecule has 2 aromatic heterocycles. The minimum absolute atomic E-state index is 0.141. The summed E-state index contributed by atoms with van der Waals surface area (Å²) >= 11 is 1.35. The molecule has 3 aromatic rings. The van der Waals surface area contributed by atoms with E-state index in [4.69, 9.17) is 0 Å². The van der Waals surface area contributed by atoms with Gasteiger partial charge in [0.2, 0.25) is 5.91 Å². The maximum absolute atomic E-state index is 12.3. The highest BCUT2D eigenvalue weighted by molar-refractivity contribution is 8.00. The first kappa shape index (κ1) is 15.3. The predicted molar refractivity (Wildman–Crippen MR) is 88.6 cm³/mol. The number of imidazole rings is 1. The minimum atomic E-state index is -0.328. The summed E-state index contributed by atoms with van der Waals surface area (Å²) in [6.07, 6.45) is 1.64. The van der Waals surface area contributed by atoms with E-state index in [2.05, 4.69) is 25.5 Å². The fourth-order valence-corrected chi connectivity index (χ4v) is 3.01. The second-order valence-electron chi connectivity index (χ2n) is 4.99. The summed E-state index contributed by atoms with van der Waals surface area (Å²) in [5, 5.41) is 11.1. The molecule has 1 aromatic carbocycles. The van der Waals surface area contributed by atoms with Crippen molar-refractivity contribution in [2.45, 2.75) is 30.8 Å². The highest BCUT2D eigenvalue weighted by Crippen LogP contribution is 2.22. The molecule has 0 radical (unpaired) electrons. The third-order valence-electron chi connectivity index (χ3n) is 3.36. The quantitative estimate of drug-likeness (QED) is 0.615. The van der Waals surface area contributed by atoms with Gasteiger partial charge in [0.15, 0.2) is 5.16 Å². The Kier molecular flexibility index (Phi) is 4.20. The van der Waals surface area contributed by atoms with Crippen LogP contribution >= 0.6 is 11.8 Å². The monoisotopic (exact) mass is 332 g/mol. The Bertz CT molecular complexity index is 896. The number of anilines is 1. The van der Waals surface area contributed by atoms with E-state index in [9.17, 15) is 9.59 Å². The van der Waals surface area contributed by atoms with Gasteiger partial charge in [-0.15, -0.1) is 10.2 Å². The zero-order valence-electron chi connectivity index (χ0n) is 12.7. The molecule has 0 saturated heterocycles. The topological polar surface area (TPSA) is 108 Å². The second-order valence-corrected chi connectivity index (χ2v) is 6.30. The lowest BCUT2D eigenvalue weighted by Gasteiger charge is -2.11. The average Bonchev–Trinajstić information content (AvgIpc) is 3.11. The molecule has 8 nitrogen and oxygen atoms in total. The van der Waals surface area contributed by atoms with Gasteiger partial charge < -0.3 is 19.9 Å². The van der Waals surface area contributed by atoms with Crippen molar-refractivity contribution >= 4 is 34.4 Å². The lowest BCUT2D eigenvalue weighted by molar-refractivity contribution is -0.115. The van der Waals surface area contributed by atoms with Gasteiger partial charge in [-0.2, -0.15) is 0 Å². The van der Waals surface area contributed by atoms with Gasteiger partial charge in [-0.25, -0.2) is 4.79 Å². The molecule has 2 heterocycles. The fraction of sp³-hybridized carbons (Fsp3) is 0.286. The van der Waals surface area contributed by atoms with E-state index in [1.54, 1.807) is 24.5 Å². The molecule has 0 aliphatic carbocycles. The van der Waals surface area contributed by atoms with Crippen molar-refractivity contribution in [2.24, 2.45) is 0 Å². The van der Waals surface area contributed by atoms with Crippen LogP contribution in [0.4, 0.5) is 5.69 Å². The first-order chi connectivity index (χ1) is 11.1. The van der Waals surface area contributed by atoms with E-state index >= 15 is 0 Å². The number of thioether (sulfide) groups is 1. The lowest BCUT2D eigenvalue weighted by Crippen LogP contribution is -2.22. The predicted octanol–water partition coefficient (Wildman–Crippen LogP) is 1.59. The van der Waals surface area contributed by atoms with Crippen molar-refractivity contribution < 1.29 is 4.79 Å². The van der Waals surface area contributed by atoms with E-state index < -0.39 is 0 Å². The number of hydrogen-bond donors (Lipinski definition) is 3. The van der Waals surface area contributed by atoms with Gasteiger partial charge in [0.1, 0.15) is 6.33 Å². The molecule has 1 atom stereocenters. The summed E-state index contributed by atoms with van der Waals surface area (Å²) in [6, 6.07) is 5.21. The molecule has 120 valence electrons. The molecule has 0 aliphatic rings. The largest absolute Gasteiger partial charge is 0.325 e. The highest BCUT2D eigenvalue weighted by Gasteiger charge is 2.18. The summed E-state index contributed by atoms with van der Waals surface area (Å²) < 4.78 is 1.88. The molecule has 1 unspecified atom stereocenters. The summed E-state index contributed by atoms with van der Waals surface area (Å²) in [4.78, 5) is 28.9. The standard InChI is InChI=1S/C14H16N6O2S/c1-3-20-7-15-19-14(20)23-8(2)12(21)16-9-4-5-10-11(6-9)18-13(22)17-10/h4-8H,3H2,1-2H3,(H,16,21)(H2,17,18,22). The molecule has 0 spiro atoms. The zero-order valence-corrected chi connectivity index (χ0v) is 13.5. The van der Waals surface area contributed by atoms with Gasteiger partial charge in [0.05, 0.1) is 16.3 Å². The smallest absolute Gasteiger partial charge is 0.323 e. The number of hydrogen-bond acceptors (Lipinski definition) is 5. The molecule has 0 aliphatic heterocycles. The highest BCUT2D eigenvalue weighted by atomic mass is 32.2. The Morgan fingerprint density at radius 2 is 2.17 bits per heavy atom. The maximum Gasteiger partial charge on any atom is 0.323 e. The van der Waals surface area contributed by atoms with Crippen LogP contribution in [0, 0.1) is 0 Å². The molecule has 9 heteroatoms. The molecule has 0 bridgehead atoms. The Hall–Kier alpha value is -2.55. The second kappa shape index (κ2) is 6.29. The number of benzene rings is 1. The van der Waals surface area contributed by atoms with Crippen LogP contribution in [0.2, 0.25) is 0 Å². The number of rotatable bonds is 5. The summed E-state index contributed by atoms with van der Waals surface area (Å²) in [5.74, 6) is -0.141. The van der Waals surface area contributed by atoms with Crippen LogP contribution in [0.5, 0.6) is 0 Å². The number of amides is 1. The van der Waals surface area contributed by atoms with Crippen molar-refractivity contribution in [2.75, 3.05) is 5.32 Å². The summed E-state index contributed by atoms with van der Waals surface area (Å²) in [7, 11) is 0. The van der Waals surface area contributed by atoms with E-state index in [0.717, 1.165) is 6.54 Å². The van der Waals surface area contributed by atoms with Gasteiger partial charge in [-0.3, -0.25) is 4.79 Å². The van der Waals surface area contributed by atoms with Crippen molar-refractivity contribution in [3.05, 3.63) is 35.0 Å². The average molecular weight is 332 g/mol. The van der Waals surface area contributed by atoms with Crippen molar-refractivity contribution in [3.8, 4) is 0 Å². The Balaban J connectivity index is 1.70. The maximum atomic E-state index is 12.3. The summed E-state index contributed by atoms with van der Waals surface area (Å²) in [5.41, 5.74) is 1.71. The molecular weight excluding hydrogens is 316 g/mol. The molecule has 3 N–H and O–H groups in total. The van der Waals surface area contributed by atoms with Gasteiger partial charge in [0, 0.05) is 12.2 Å². The molecule has 1 amide bonds. The summed E-state index contributed by atoms with van der Waals surface area (Å²) in [6.45, 7) is 4.55. The van der Waals surface area contributed by atoms with Crippen LogP contribution in [-0.2, 0) is 11.3 Å². The van der Waals surface area contributed by atoms with E-state index in [0.29, 0.717) is 21.9 Å². The number of H-pyrrole nitrogens is 2. The van der Waals surface area contributed by atoms with Gasteiger partial charge in [0.25, 0.3) is 0 Å². The van der Waals surface area contributed by atoms with E-state index in [1.165, 1.54) is 11.8 Å². The lowest BCUT2D eigenvalue weighted by atomic mass is 10.2. The Morgan fingerprint density at radius 1 is 1.39 bits per heavy atom. The number of aromatic amines is 2. The zero-order chi connectivity index (χ0) is 16.4. The van der Waals surface area contributed by atoms with E-state index in [1.807, 2.05) is 18.4 Å². The first-order valence-corrected chi connectivity index (χ1v) is 8.02. The number of carbonyl (C=O) groups excluding carboxylic acids is 1. The number of nitrogens with one attached hydrogen (secondary N) is 3. The number of aromatic nitrogens is 5. The number of nitrogens with zero attached hydrogens (tertiary/aromatic N) is 3. The SMILES string of the molecule is CCn1cnnc1SC(C)C(=O)Nc1ccc2[nH]c(=O)[nH]c2c1. The third kappa shape index (κ3) is 3.29. The van der Waals surface area contributed by atoms with Gasteiger partial charge >= 0.3 is 5.69 Å². The molecule has 3 rings (SSSR count). The molecule has 23 heavy (non-hydrogen) atoms. The van der Waals surface area contributed by atoms with Crippen molar-refractivity contribution in [3.63, 3.8) is 0 Å². The van der Waals surface area contributed by atoms with Crippen LogP contribution in [0.1, 0.15) is 13.8 Å². The Labute approximate surface area is 135 Å². The first-order valence-electron chi connectivity index (χ1n) is 7.14. The normalized spacial score (nSPS) is 12.4. The van der Waals surface area contributed by atoms with E-state index in [-0.39, 0.29) is 16.8 Å². The minimum Gasteiger partial charge on any atom is -0.325 e. The number of fused-ring (bicyclic) bond motifs is 1. The Morgan fingerprint density at radius 3 is 2.96 bits per heavy atom. The van der Waals surface area contributed by atoms with Crippen LogP contribution in [0.25, 0.3) is 11.0 Å². The molecular formula is C14H16N6O2S. The van der Waals surface area contributed by atoms with Crippen LogP contribution in [0.15, 0.2) is 34.5 Å². The van der Waals surface area contributed by atoms with Crippen molar-refractivity contribution in [1.29, 1.82) is 0 Å². The van der Waals surface area contributed by atoms with Gasteiger partial charge in [-0.05, 0) is 32.0 Å². The van der Waals surface area contributed by atoms with Gasteiger partial charge in [-0.1, -0.05) is 11.8 Å². The van der Waals surface area contributed by atoms with Crippen LogP contribution in [-0.4, -0.2) is 35.9 Å².